The van der Waals surface area contributed by atoms with Crippen molar-refractivity contribution < 1.29 is 9.84 Å². The minimum atomic E-state index is -0.479. The predicted molar refractivity (Wildman–Crippen MR) is 79.6 cm³/mol. The second kappa shape index (κ2) is 8.18. The van der Waals surface area contributed by atoms with Crippen molar-refractivity contribution in [2.24, 2.45) is 5.92 Å². The number of ether oxygens (including phenoxy) is 1. The van der Waals surface area contributed by atoms with Crippen LogP contribution in [0, 0.1) is 12.8 Å². The first-order valence-corrected chi connectivity index (χ1v) is 7.13. The monoisotopic (exact) mass is 265 g/mol. The second-order valence-electron chi connectivity index (χ2n) is 5.36. The number of aryl methyl sites for hydroxylation is 1. The molecule has 0 aliphatic heterocycles. The zero-order chi connectivity index (χ0) is 14.3. The van der Waals surface area contributed by atoms with Gasteiger partial charge >= 0.3 is 0 Å². The van der Waals surface area contributed by atoms with Crippen LogP contribution in [-0.4, -0.2) is 30.4 Å². The third-order valence-corrected chi connectivity index (χ3v) is 3.64. The number of benzene rings is 1. The molecule has 0 fully saturated rings. The van der Waals surface area contributed by atoms with Crippen molar-refractivity contribution in [1.29, 1.82) is 0 Å². The second-order valence-corrected chi connectivity index (χ2v) is 5.36. The van der Waals surface area contributed by atoms with Gasteiger partial charge in [-0.15, -0.1) is 0 Å². The molecule has 19 heavy (non-hydrogen) atoms. The maximum Gasteiger partial charge on any atom is 0.119 e. The molecule has 0 radical (unpaired) electrons. The van der Waals surface area contributed by atoms with Crippen LogP contribution in [0.5, 0.6) is 5.75 Å². The molecule has 0 aromatic heterocycles. The highest BCUT2D eigenvalue weighted by Gasteiger charge is 2.12. The fraction of sp³-hybridized carbons (Fsp3) is 0.625. The number of hydrogen-bond donors (Lipinski definition) is 2. The van der Waals surface area contributed by atoms with Crippen LogP contribution in [0.2, 0.25) is 0 Å². The maximum atomic E-state index is 9.88. The molecule has 3 unspecified atom stereocenters. The Morgan fingerprint density at radius 3 is 2.42 bits per heavy atom. The van der Waals surface area contributed by atoms with E-state index in [9.17, 15) is 5.11 Å². The highest BCUT2D eigenvalue weighted by atomic mass is 16.5. The van der Waals surface area contributed by atoms with Gasteiger partial charge in [-0.3, -0.25) is 0 Å². The normalized spacial score (nSPS) is 15.8. The molecule has 0 aliphatic rings. The average Bonchev–Trinajstić information content (AvgIpc) is 2.43. The molecule has 3 atom stereocenters. The molecular formula is C16H27NO2. The third kappa shape index (κ3) is 6.08. The van der Waals surface area contributed by atoms with Gasteiger partial charge in [0.2, 0.25) is 0 Å². The van der Waals surface area contributed by atoms with E-state index >= 15 is 0 Å². The molecular weight excluding hydrogens is 238 g/mol. The standard InChI is InChI=1S/C16H27NO2/c1-5-13(3)14(4)17-10-15(18)11-19-16-8-6-12(2)7-9-16/h6-9,13-15,17-18H,5,10-11H2,1-4H3. The van der Waals surface area contributed by atoms with Crippen molar-refractivity contribution in [2.45, 2.75) is 46.3 Å². The van der Waals surface area contributed by atoms with Gasteiger partial charge < -0.3 is 15.2 Å². The van der Waals surface area contributed by atoms with Crippen molar-refractivity contribution in [3.8, 4) is 5.75 Å². The number of aliphatic hydroxyl groups excluding tert-OH is 1. The Morgan fingerprint density at radius 1 is 1.21 bits per heavy atom. The summed E-state index contributed by atoms with van der Waals surface area (Å²) in [5.74, 6) is 1.42. The lowest BCUT2D eigenvalue weighted by molar-refractivity contribution is 0.102. The van der Waals surface area contributed by atoms with Gasteiger partial charge in [0.25, 0.3) is 0 Å². The molecule has 0 aliphatic carbocycles. The smallest absolute Gasteiger partial charge is 0.119 e. The average molecular weight is 265 g/mol. The van der Waals surface area contributed by atoms with Crippen LogP contribution in [0.15, 0.2) is 24.3 Å². The van der Waals surface area contributed by atoms with Gasteiger partial charge in [-0.05, 0) is 31.9 Å². The Kier molecular flexibility index (Phi) is 6.89. The third-order valence-electron chi connectivity index (χ3n) is 3.64. The fourth-order valence-corrected chi connectivity index (χ4v) is 1.76. The van der Waals surface area contributed by atoms with Crippen molar-refractivity contribution in [2.75, 3.05) is 13.2 Å². The SMILES string of the molecule is CCC(C)C(C)NCC(O)COc1ccc(C)cc1. The summed E-state index contributed by atoms with van der Waals surface area (Å²) < 4.78 is 5.55. The lowest BCUT2D eigenvalue weighted by Crippen LogP contribution is -2.39. The zero-order valence-corrected chi connectivity index (χ0v) is 12.5. The summed E-state index contributed by atoms with van der Waals surface area (Å²) in [6.45, 7) is 9.48. The summed E-state index contributed by atoms with van der Waals surface area (Å²) in [6.07, 6.45) is 0.664. The van der Waals surface area contributed by atoms with Gasteiger partial charge in [-0.1, -0.05) is 38.0 Å². The molecule has 0 bridgehead atoms. The van der Waals surface area contributed by atoms with Gasteiger partial charge in [0.05, 0.1) is 0 Å². The van der Waals surface area contributed by atoms with Crippen molar-refractivity contribution in [3.63, 3.8) is 0 Å². The van der Waals surface area contributed by atoms with E-state index in [1.807, 2.05) is 31.2 Å². The topological polar surface area (TPSA) is 41.5 Å². The summed E-state index contributed by atoms with van der Waals surface area (Å²) in [7, 11) is 0. The van der Waals surface area contributed by atoms with E-state index in [1.54, 1.807) is 0 Å². The molecule has 0 spiro atoms. The summed E-state index contributed by atoms with van der Waals surface area (Å²) in [4.78, 5) is 0. The number of rotatable bonds is 8. The minimum Gasteiger partial charge on any atom is -0.491 e. The van der Waals surface area contributed by atoms with Crippen molar-refractivity contribution >= 4 is 0 Å². The Balaban J connectivity index is 2.24. The molecule has 1 rings (SSSR count). The summed E-state index contributed by atoms with van der Waals surface area (Å²) in [6, 6.07) is 8.28. The Hall–Kier alpha value is -1.06. The van der Waals surface area contributed by atoms with Crippen molar-refractivity contribution in [3.05, 3.63) is 29.8 Å². The van der Waals surface area contributed by atoms with E-state index in [2.05, 4.69) is 26.1 Å². The zero-order valence-electron chi connectivity index (χ0n) is 12.5. The van der Waals surface area contributed by atoms with E-state index in [-0.39, 0.29) is 0 Å². The van der Waals surface area contributed by atoms with Gasteiger partial charge in [0, 0.05) is 12.6 Å². The van der Waals surface area contributed by atoms with Gasteiger partial charge in [0.15, 0.2) is 0 Å². The lowest BCUT2D eigenvalue weighted by Gasteiger charge is -2.22. The predicted octanol–water partition coefficient (Wildman–Crippen LogP) is 2.76. The molecule has 2 N–H and O–H groups in total. The van der Waals surface area contributed by atoms with Gasteiger partial charge in [-0.25, -0.2) is 0 Å². The van der Waals surface area contributed by atoms with Crippen LogP contribution < -0.4 is 10.1 Å². The molecule has 1 aromatic carbocycles. The van der Waals surface area contributed by atoms with Crippen LogP contribution in [0.3, 0.4) is 0 Å². The first kappa shape index (κ1) is 16.0. The molecule has 0 amide bonds. The van der Waals surface area contributed by atoms with E-state index in [1.165, 1.54) is 5.56 Å². The Morgan fingerprint density at radius 2 is 1.84 bits per heavy atom. The molecule has 108 valence electrons. The Bertz CT molecular complexity index is 350. The lowest BCUT2D eigenvalue weighted by atomic mass is 10.0. The fourth-order valence-electron chi connectivity index (χ4n) is 1.76. The van der Waals surface area contributed by atoms with Gasteiger partial charge in [-0.2, -0.15) is 0 Å². The minimum absolute atomic E-state index is 0.323. The van der Waals surface area contributed by atoms with Crippen LogP contribution in [0.4, 0.5) is 0 Å². The van der Waals surface area contributed by atoms with E-state index in [0.29, 0.717) is 25.1 Å². The quantitative estimate of drug-likeness (QED) is 0.759. The summed E-state index contributed by atoms with van der Waals surface area (Å²) in [5.41, 5.74) is 1.21. The maximum absolute atomic E-state index is 9.88. The molecule has 0 heterocycles. The first-order valence-electron chi connectivity index (χ1n) is 7.13. The molecule has 0 saturated carbocycles. The van der Waals surface area contributed by atoms with Gasteiger partial charge in [0.1, 0.15) is 18.5 Å². The van der Waals surface area contributed by atoms with Crippen molar-refractivity contribution in [1.82, 2.24) is 5.32 Å². The Labute approximate surface area is 117 Å². The van der Waals surface area contributed by atoms with E-state index in [4.69, 9.17) is 4.74 Å². The largest absolute Gasteiger partial charge is 0.491 e. The van der Waals surface area contributed by atoms with Crippen LogP contribution in [0.25, 0.3) is 0 Å². The highest BCUT2D eigenvalue weighted by molar-refractivity contribution is 5.26. The van der Waals surface area contributed by atoms with Crippen LogP contribution in [-0.2, 0) is 0 Å². The highest BCUT2D eigenvalue weighted by Crippen LogP contribution is 2.11. The van der Waals surface area contributed by atoms with Crippen LogP contribution in [0.1, 0.15) is 32.8 Å². The molecule has 3 nitrogen and oxygen atoms in total. The molecule has 1 aromatic rings. The number of aliphatic hydroxyl groups is 1. The number of nitrogens with one attached hydrogen (secondary N) is 1. The molecule has 0 saturated heterocycles. The summed E-state index contributed by atoms with van der Waals surface area (Å²) in [5, 5.41) is 13.2. The van der Waals surface area contributed by atoms with E-state index in [0.717, 1.165) is 12.2 Å². The number of hydrogen-bond acceptors (Lipinski definition) is 3. The van der Waals surface area contributed by atoms with Crippen LogP contribution >= 0.6 is 0 Å². The molecule has 3 heteroatoms. The summed E-state index contributed by atoms with van der Waals surface area (Å²) >= 11 is 0. The first-order chi connectivity index (χ1) is 9.02. The van der Waals surface area contributed by atoms with E-state index < -0.39 is 6.10 Å².